The molecule has 1 heterocycles. The molecule has 112 valence electrons. The molecule has 0 bridgehead atoms. The molecule has 0 saturated heterocycles. The minimum absolute atomic E-state index is 0.108. The zero-order valence-corrected chi connectivity index (χ0v) is 11.8. The van der Waals surface area contributed by atoms with Gasteiger partial charge in [0, 0.05) is 18.9 Å². The van der Waals surface area contributed by atoms with Crippen LogP contribution in [0.5, 0.6) is 5.75 Å². The number of aromatic nitrogens is 2. The van der Waals surface area contributed by atoms with Crippen molar-refractivity contribution < 1.29 is 18.8 Å². The van der Waals surface area contributed by atoms with E-state index in [9.17, 15) is 14.3 Å². The fourth-order valence-electron chi connectivity index (χ4n) is 1.67. The van der Waals surface area contributed by atoms with Crippen molar-refractivity contribution >= 4 is 5.91 Å². The monoisotopic (exact) mass is 293 g/mol. The SMILES string of the molecule is CC(C)c1noc(CCNC(=O)c2cc(F)ccc2O)n1. The van der Waals surface area contributed by atoms with Crippen LogP contribution < -0.4 is 5.32 Å². The Morgan fingerprint density at radius 3 is 2.90 bits per heavy atom. The van der Waals surface area contributed by atoms with Crippen molar-refractivity contribution in [3.8, 4) is 5.75 Å². The minimum atomic E-state index is -0.587. The molecule has 0 aliphatic heterocycles. The first kappa shape index (κ1) is 15.0. The molecule has 0 spiro atoms. The molecule has 6 nitrogen and oxygen atoms in total. The molecule has 2 N–H and O–H groups in total. The molecule has 0 aliphatic carbocycles. The van der Waals surface area contributed by atoms with Crippen molar-refractivity contribution in [3.63, 3.8) is 0 Å². The average Bonchev–Trinajstić information content (AvgIpc) is 2.90. The van der Waals surface area contributed by atoms with Crippen molar-refractivity contribution in [3.05, 3.63) is 41.3 Å². The third-order valence-corrected chi connectivity index (χ3v) is 2.83. The van der Waals surface area contributed by atoms with Crippen LogP contribution in [0.1, 0.15) is 41.8 Å². The van der Waals surface area contributed by atoms with Gasteiger partial charge in [0.15, 0.2) is 5.82 Å². The first-order chi connectivity index (χ1) is 9.97. The summed E-state index contributed by atoms with van der Waals surface area (Å²) >= 11 is 0. The molecule has 0 unspecified atom stereocenters. The summed E-state index contributed by atoms with van der Waals surface area (Å²) in [5.41, 5.74) is -0.108. The number of nitrogens with zero attached hydrogens (tertiary/aromatic N) is 2. The maximum atomic E-state index is 13.0. The number of benzene rings is 1. The van der Waals surface area contributed by atoms with Crippen LogP contribution in [-0.4, -0.2) is 27.7 Å². The van der Waals surface area contributed by atoms with Gasteiger partial charge in [0.25, 0.3) is 5.91 Å². The summed E-state index contributed by atoms with van der Waals surface area (Å²) in [6.45, 7) is 4.14. The molecule has 0 aliphatic rings. The number of nitrogens with one attached hydrogen (secondary N) is 1. The van der Waals surface area contributed by atoms with Gasteiger partial charge in [-0.15, -0.1) is 0 Å². The van der Waals surface area contributed by atoms with E-state index in [4.69, 9.17) is 4.52 Å². The van der Waals surface area contributed by atoms with Crippen LogP contribution in [0.15, 0.2) is 22.7 Å². The van der Waals surface area contributed by atoms with E-state index in [2.05, 4.69) is 15.5 Å². The number of hydrogen-bond acceptors (Lipinski definition) is 5. The number of halogens is 1. The molecule has 0 fully saturated rings. The van der Waals surface area contributed by atoms with E-state index >= 15 is 0 Å². The predicted molar refractivity (Wildman–Crippen MR) is 72.5 cm³/mol. The summed E-state index contributed by atoms with van der Waals surface area (Å²) in [6, 6.07) is 3.20. The normalized spacial score (nSPS) is 10.9. The van der Waals surface area contributed by atoms with Gasteiger partial charge in [-0.3, -0.25) is 4.79 Å². The van der Waals surface area contributed by atoms with Crippen LogP contribution in [0.3, 0.4) is 0 Å². The number of aromatic hydroxyl groups is 1. The predicted octanol–water partition coefficient (Wildman–Crippen LogP) is 2.01. The van der Waals surface area contributed by atoms with Gasteiger partial charge >= 0.3 is 0 Å². The Balaban J connectivity index is 1.90. The highest BCUT2D eigenvalue weighted by Gasteiger charge is 2.13. The summed E-state index contributed by atoms with van der Waals surface area (Å²) in [7, 11) is 0. The van der Waals surface area contributed by atoms with E-state index < -0.39 is 11.7 Å². The molecule has 0 radical (unpaired) electrons. The number of rotatable bonds is 5. The Kier molecular flexibility index (Phi) is 4.52. The second kappa shape index (κ2) is 6.34. The van der Waals surface area contributed by atoms with E-state index in [1.165, 1.54) is 0 Å². The zero-order chi connectivity index (χ0) is 15.4. The summed E-state index contributed by atoms with van der Waals surface area (Å²) in [5.74, 6) is -0.219. The van der Waals surface area contributed by atoms with Gasteiger partial charge in [-0.25, -0.2) is 4.39 Å². The average molecular weight is 293 g/mol. The molecular weight excluding hydrogens is 277 g/mol. The molecule has 0 atom stereocenters. The topological polar surface area (TPSA) is 88.2 Å². The van der Waals surface area contributed by atoms with Crippen LogP contribution in [0, 0.1) is 5.82 Å². The molecule has 21 heavy (non-hydrogen) atoms. The first-order valence-corrected chi connectivity index (χ1v) is 6.56. The van der Waals surface area contributed by atoms with Gasteiger partial charge < -0.3 is 14.9 Å². The summed E-state index contributed by atoms with van der Waals surface area (Å²) in [5, 5.41) is 15.9. The smallest absolute Gasteiger partial charge is 0.255 e. The van der Waals surface area contributed by atoms with Gasteiger partial charge in [-0.05, 0) is 18.2 Å². The van der Waals surface area contributed by atoms with Crippen molar-refractivity contribution in [2.24, 2.45) is 0 Å². The number of phenolic OH excluding ortho intramolecular Hbond substituents is 1. The number of carbonyl (C=O) groups excluding carboxylic acids is 1. The maximum absolute atomic E-state index is 13.0. The Hall–Kier alpha value is -2.44. The van der Waals surface area contributed by atoms with Gasteiger partial charge in [0.2, 0.25) is 5.89 Å². The molecule has 2 rings (SSSR count). The number of phenols is 1. The third-order valence-electron chi connectivity index (χ3n) is 2.83. The summed E-state index contributed by atoms with van der Waals surface area (Å²) < 4.78 is 18.1. The fourth-order valence-corrected chi connectivity index (χ4v) is 1.67. The quantitative estimate of drug-likeness (QED) is 0.880. The van der Waals surface area contributed by atoms with Crippen LogP contribution in [0.25, 0.3) is 0 Å². The minimum Gasteiger partial charge on any atom is -0.507 e. The lowest BCUT2D eigenvalue weighted by molar-refractivity contribution is 0.0950. The Morgan fingerprint density at radius 2 is 2.24 bits per heavy atom. The van der Waals surface area contributed by atoms with E-state index in [0.717, 1.165) is 18.2 Å². The van der Waals surface area contributed by atoms with E-state index in [1.807, 2.05) is 13.8 Å². The standard InChI is InChI=1S/C14H16FN3O3/c1-8(2)13-17-12(21-18-13)5-6-16-14(20)10-7-9(15)3-4-11(10)19/h3-4,7-8,19H,5-6H2,1-2H3,(H,16,20). The maximum Gasteiger partial charge on any atom is 0.255 e. The second-order valence-electron chi connectivity index (χ2n) is 4.87. The lowest BCUT2D eigenvalue weighted by atomic mass is 10.2. The largest absolute Gasteiger partial charge is 0.507 e. The van der Waals surface area contributed by atoms with Gasteiger partial charge in [-0.1, -0.05) is 19.0 Å². The van der Waals surface area contributed by atoms with Crippen molar-refractivity contribution in [1.82, 2.24) is 15.5 Å². The van der Waals surface area contributed by atoms with Crippen LogP contribution in [-0.2, 0) is 6.42 Å². The summed E-state index contributed by atoms with van der Waals surface area (Å²) in [6.07, 6.45) is 0.363. The van der Waals surface area contributed by atoms with Crippen molar-refractivity contribution in [2.75, 3.05) is 6.54 Å². The number of hydrogen-bond donors (Lipinski definition) is 2. The molecule has 1 amide bonds. The highest BCUT2D eigenvalue weighted by Crippen LogP contribution is 2.17. The Labute approximate surface area is 121 Å². The Bertz CT molecular complexity index is 640. The second-order valence-corrected chi connectivity index (χ2v) is 4.87. The van der Waals surface area contributed by atoms with E-state index in [-0.39, 0.29) is 23.8 Å². The fraction of sp³-hybridized carbons (Fsp3) is 0.357. The molecule has 1 aromatic heterocycles. The van der Waals surface area contributed by atoms with Crippen LogP contribution in [0.2, 0.25) is 0 Å². The number of carbonyl (C=O) groups is 1. The van der Waals surface area contributed by atoms with E-state index in [0.29, 0.717) is 18.1 Å². The lowest BCUT2D eigenvalue weighted by Crippen LogP contribution is -2.26. The Morgan fingerprint density at radius 1 is 1.48 bits per heavy atom. The zero-order valence-electron chi connectivity index (χ0n) is 11.8. The summed E-state index contributed by atoms with van der Waals surface area (Å²) in [4.78, 5) is 16.0. The van der Waals surface area contributed by atoms with Crippen molar-refractivity contribution in [1.29, 1.82) is 0 Å². The third kappa shape index (κ3) is 3.77. The molecule has 1 aromatic carbocycles. The lowest BCUT2D eigenvalue weighted by Gasteiger charge is -2.05. The highest BCUT2D eigenvalue weighted by atomic mass is 19.1. The molecular formula is C14H16FN3O3. The van der Waals surface area contributed by atoms with Crippen LogP contribution in [0.4, 0.5) is 4.39 Å². The molecule has 0 saturated carbocycles. The van der Waals surface area contributed by atoms with Crippen LogP contribution >= 0.6 is 0 Å². The number of amides is 1. The van der Waals surface area contributed by atoms with Gasteiger partial charge in [-0.2, -0.15) is 4.98 Å². The van der Waals surface area contributed by atoms with Gasteiger partial charge in [0.1, 0.15) is 11.6 Å². The van der Waals surface area contributed by atoms with Crippen molar-refractivity contribution in [2.45, 2.75) is 26.2 Å². The molecule has 7 heteroatoms. The van der Waals surface area contributed by atoms with Gasteiger partial charge in [0.05, 0.1) is 5.56 Å². The molecule has 2 aromatic rings. The van der Waals surface area contributed by atoms with E-state index in [1.54, 1.807) is 0 Å². The highest BCUT2D eigenvalue weighted by molar-refractivity contribution is 5.96. The first-order valence-electron chi connectivity index (χ1n) is 6.56.